The number of benzene rings is 2. The highest BCUT2D eigenvalue weighted by molar-refractivity contribution is 6.30. The Bertz CT molecular complexity index is 966. The Hall–Kier alpha value is -2.70. The average Bonchev–Trinajstić information content (AvgIpc) is 3.40. The second-order valence-electron chi connectivity index (χ2n) is 6.88. The molecule has 2 aromatic carbocycles. The van der Waals surface area contributed by atoms with Gasteiger partial charge in [-0.25, -0.2) is 0 Å². The molecule has 0 saturated carbocycles. The van der Waals surface area contributed by atoms with E-state index in [-0.39, 0.29) is 5.91 Å². The van der Waals surface area contributed by atoms with E-state index in [0.29, 0.717) is 40.3 Å². The van der Waals surface area contributed by atoms with Crippen LogP contribution < -0.4 is 10.6 Å². The Kier molecular flexibility index (Phi) is 5.69. The molecule has 1 aromatic heterocycles. The van der Waals surface area contributed by atoms with Crippen molar-refractivity contribution in [2.45, 2.75) is 12.8 Å². The molecule has 3 aromatic rings. The van der Waals surface area contributed by atoms with Crippen LogP contribution in [0, 0.1) is 5.92 Å². The van der Waals surface area contributed by atoms with E-state index in [1.807, 2.05) is 30.3 Å². The Labute approximate surface area is 168 Å². The summed E-state index contributed by atoms with van der Waals surface area (Å²) in [4.78, 5) is 17.2. The second-order valence-corrected chi connectivity index (χ2v) is 7.32. The molecular formula is C21H21ClN4O2. The third kappa shape index (κ3) is 4.24. The van der Waals surface area contributed by atoms with Gasteiger partial charge in [0.2, 0.25) is 5.82 Å². The molecule has 1 aliphatic heterocycles. The molecule has 28 heavy (non-hydrogen) atoms. The molecule has 0 bridgehead atoms. The van der Waals surface area contributed by atoms with Crippen LogP contribution >= 0.6 is 11.6 Å². The number of hydrogen-bond donors (Lipinski definition) is 2. The maximum atomic E-state index is 12.7. The van der Waals surface area contributed by atoms with Gasteiger partial charge in [-0.15, -0.1) is 0 Å². The zero-order chi connectivity index (χ0) is 19.3. The van der Waals surface area contributed by atoms with Crippen molar-refractivity contribution in [3.63, 3.8) is 0 Å². The smallest absolute Gasteiger partial charge is 0.259 e. The van der Waals surface area contributed by atoms with E-state index < -0.39 is 0 Å². The minimum atomic E-state index is -0.135. The molecule has 0 spiro atoms. The van der Waals surface area contributed by atoms with E-state index in [4.69, 9.17) is 16.1 Å². The van der Waals surface area contributed by atoms with Gasteiger partial charge in [0, 0.05) is 17.1 Å². The summed E-state index contributed by atoms with van der Waals surface area (Å²) in [5.41, 5.74) is 1.89. The van der Waals surface area contributed by atoms with E-state index in [0.717, 1.165) is 25.1 Å². The van der Waals surface area contributed by atoms with Crippen LogP contribution in [-0.2, 0) is 0 Å². The van der Waals surface area contributed by atoms with Crippen LogP contribution in [0.25, 0.3) is 22.8 Å². The fourth-order valence-electron chi connectivity index (χ4n) is 3.39. The number of nitrogens with one attached hydrogen (secondary N) is 2. The molecular weight excluding hydrogens is 376 g/mol. The number of halogens is 1. The van der Waals surface area contributed by atoms with E-state index in [9.17, 15) is 4.79 Å². The lowest BCUT2D eigenvalue weighted by Crippen LogP contribution is -2.26. The van der Waals surface area contributed by atoms with Gasteiger partial charge in [0.05, 0.1) is 11.1 Å². The lowest BCUT2D eigenvalue weighted by Gasteiger charge is -2.10. The third-order valence-electron chi connectivity index (χ3n) is 4.91. The standard InChI is InChI=1S/C21H21ClN4O2/c22-16-5-3-4-15(12-16)19-25-21(28-26-19)18-7-2-1-6-17(18)20(27)24-11-9-14-8-10-23-13-14/h1-7,12,14,23H,8-11,13H2,(H,24,27). The van der Waals surface area contributed by atoms with Crippen LogP contribution in [0.1, 0.15) is 23.2 Å². The second kappa shape index (κ2) is 8.54. The van der Waals surface area contributed by atoms with Gasteiger partial charge in [0.15, 0.2) is 0 Å². The Morgan fingerprint density at radius 1 is 1.25 bits per heavy atom. The SMILES string of the molecule is O=C(NCCC1CCNC1)c1ccccc1-c1nc(-c2cccc(Cl)c2)no1. The molecule has 0 aliphatic carbocycles. The molecule has 1 unspecified atom stereocenters. The largest absolute Gasteiger partial charge is 0.352 e. The highest BCUT2D eigenvalue weighted by Crippen LogP contribution is 2.26. The lowest BCUT2D eigenvalue weighted by molar-refractivity contribution is 0.0952. The zero-order valence-corrected chi connectivity index (χ0v) is 16.1. The molecule has 144 valence electrons. The fraction of sp³-hybridized carbons (Fsp3) is 0.286. The predicted octanol–water partition coefficient (Wildman–Crippen LogP) is 3.79. The average molecular weight is 397 g/mol. The van der Waals surface area contributed by atoms with Crippen molar-refractivity contribution < 1.29 is 9.32 Å². The van der Waals surface area contributed by atoms with Crippen LogP contribution in [0.2, 0.25) is 5.02 Å². The number of carbonyl (C=O) groups excluding carboxylic acids is 1. The first-order valence-corrected chi connectivity index (χ1v) is 9.76. The molecule has 1 atom stereocenters. The lowest BCUT2D eigenvalue weighted by atomic mass is 10.0. The van der Waals surface area contributed by atoms with Crippen molar-refractivity contribution in [3.05, 3.63) is 59.1 Å². The maximum absolute atomic E-state index is 12.7. The van der Waals surface area contributed by atoms with Gasteiger partial charge in [0.25, 0.3) is 11.8 Å². The minimum absolute atomic E-state index is 0.135. The molecule has 0 radical (unpaired) electrons. The zero-order valence-electron chi connectivity index (χ0n) is 15.3. The molecule has 1 amide bonds. The Balaban J connectivity index is 1.50. The third-order valence-corrected chi connectivity index (χ3v) is 5.15. The highest BCUT2D eigenvalue weighted by Gasteiger charge is 2.19. The summed E-state index contributed by atoms with van der Waals surface area (Å²) >= 11 is 6.04. The number of rotatable bonds is 6. The Morgan fingerprint density at radius 2 is 2.14 bits per heavy atom. The molecule has 2 heterocycles. The summed E-state index contributed by atoms with van der Waals surface area (Å²) < 4.78 is 5.43. The van der Waals surface area contributed by atoms with Gasteiger partial charge < -0.3 is 15.2 Å². The van der Waals surface area contributed by atoms with E-state index in [1.165, 1.54) is 6.42 Å². The van der Waals surface area contributed by atoms with Gasteiger partial charge in [-0.05, 0) is 56.1 Å². The number of nitrogens with zero attached hydrogens (tertiary/aromatic N) is 2. The normalized spacial score (nSPS) is 16.2. The van der Waals surface area contributed by atoms with Gasteiger partial charge in [-0.2, -0.15) is 4.98 Å². The van der Waals surface area contributed by atoms with Gasteiger partial charge >= 0.3 is 0 Å². The highest BCUT2D eigenvalue weighted by atomic mass is 35.5. The van der Waals surface area contributed by atoms with Crippen LogP contribution in [0.4, 0.5) is 0 Å². The van der Waals surface area contributed by atoms with Crippen LogP contribution in [0.15, 0.2) is 53.1 Å². The summed E-state index contributed by atoms with van der Waals surface area (Å²) in [5, 5.41) is 11.0. The van der Waals surface area contributed by atoms with Crippen LogP contribution in [-0.4, -0.2) is 35.7 Å². The molecule has 1 fully saturated rings. The summed E-state index contributed by atoms with van der Waals surface area (Å²) in [5.74, 6) is 1.23. The molecule has 1 saturated heterocycles. The number of carbonyl (C=O) groups is 1. The Morgan fingerprint density at radius 3 is 2.96 bits per heavy atom. The molecule has 6 nitrogen and oxygen atoms in total. The number of amides is 1. The first-order valence-electron chi connectivity index (χ1n) is 9.38. The van der Waals surface area contributed by atoms with Crippen LogP contribution in [0.5, 0.6) is 0 Å². The molecule has 1 aliphatic rings. The van der Waals surface area contributed by atoms with Crippen molar-refractivity contribution >= 4 is 17.5 Å². The summed E-state index contributed by atoms with van der Waals surface area (Å²) in [6.07, 6.45) is 2.14. The maximum Gasteiger partial charge on any atom is 0.259 e. The topological polar surface area (TPSA) is 80.0 Å². The van der Waals surface area contributed by atoms with E-state index in [1.54, 1.807) is 18.2 Å². The summed E-state index contributed by atoms with van der Waals surface area (Å²) in [6.45, 7) is 2.74. The molecule has 7 heteroatoms. The van der Waals surface area contributed by atoms with Crippen molar-refractivity contribution in [2.75, 3.05) is 19.6 Å². The van der Waals surface area contributed by atoms with Gasteiger partial charge in [-0.3, -0.25) is 4.79 Å². The monoisotopic (exact) mass is 396 g/mol. The summed E-state index contributed by atoms with van der Waals surface area (Å²) in [6, 6.07) is 14.5. The minimum Gasteiger partial charge on any atom is -0.352 e. The van der Waals surface area contributed by atoms with Crippen molar-refractivity contribution in [3.8, 4) is 22.8 Å². The first kappa shape index (κ1) is 18.7. The molecule has 2 N–H and O–H groups in total. The van der Waals surface area contributed by atoms with Gasteiger partial charge in [0.1, 0.15) is 0 Å². The summed E-state index contributed by atoms with van der Waals surface area (Å²) in [7, 11) is 0. The van der Waals surface area contributed by atoms with E-state index >= 15 is 0 Å². The van der Waals surface area contributed by atoms with Crippen molar-refractivity contribution in [1.82, 2.24) is 20.8 Å². The fourth-order valence-corrected chi connectivity index (χ4v) is 3.58. The number of hydrogen-bond acceptors (Lipinski definition) is 5. The first-order chi connectivity index (χ1) is 13.7. The van der Waals surface area contributed by atoms with Crippen LogP contribution in [0.3, 0.4) is 0 Å². The number of aromatic nitrogens is 2. The van der Waals surface area contributed by atoms with Crippen molar-refractivity contribution in [2.24, 2.45) is 5.92 Å². The van der Waals surface area contributed by atoms with Gasteiger partial charge in [-0.1, -0.05) is 41.0 Å². The van der Waals surface area contributed by atoms with Crippen molar-refractivity contribution in [1.29, 1.82) is 0 Å². The quantitative estimate of drug-likeness (QED) is 0.662. The van der Waals surface area contributed by atoms with E-state index in [2.05, 4.69) is 20.8 Å². The molecule has 4 rings (SSSR count). The predicted molar refractivity (Wildman–Crippen MR) is 108 cm³/mol.